The Morgan fingerprint density at radius 2 is 1.82 bits per heavy atom. The van der Waals surface area contributed by atoms with Crippen molar-refractivity contribution in [1.82, 2.24) is 4.90 Å². The van der Waals surface area contributed by atoms with Crippen LogP contribution in [0.3, 0.4) is 0 Å². The number of hydrogen-bond acceptors (Lipinski definition) is 8. The smallest absolute Gasteiger partial charge is 0.522 e. The van der Waals surface area contributed by atoms with E-state index in [1.54, 1.807) is 12.1 Å². The number of nitrogens with zero attached hydrogens (tertiary/aromatic N) is 1. The summed E-state index contributed by atoms with van der Waals surface area (Å²) in [5, 5.41) is 26.3. The molecule has 0 radical (unpaired) electrons. The number of amides is 2. The fourth-order valence-corrected chi connectivity index (χ4v) is 3.03. The quantitative estimate of drug-likeness (QED) is 0.314. The number of primary amides is 1. The molecule has 7 N–H and O–H groups in total. The summed E-state index contributed by atoms with van der Waals surface area (Å²) in [6, 6.07) is 2.22. The van der Waals surface area contributed by atoms with Crippen LogP contribution < -0.4 is 20.9 Å². The molecular formula is C18H21BF3N3O9. The summed E-state index contributed by atoms with van der Waals surface area (Å²) in [6.07, 6.45) is -4.78. The Morgan fingerprint density at radius 3 is 2.32 bits per heavy atom. The summed E-state index contributed by atoms with van der Waals surface area (Å²) in [5.74, 6) is -4.83. The molecule has 16 heteroatoms. The van der Waals surface area contributed by atoms with Crippen molar-refractivity contribution in [3.8, 4) is 11.5 Å². The number of rotatable bonds is 6. The molecule has 1 unspecified atom stereocenters. The summed E-state index contributed by atoms with van der Waals surface area (Å²) in [5.41, 5.74) is 11.1. The highest BCUT2D eigenvalue weighted by Gasteiger charge is 2.38. The fourth-order valence-electron chi connectivity index (χ4n) is 3.03. The van der Waals surface area contributed by atoms with Crippen LogP contribution in [0.4, 0.5) is 13.2 Å². The molecule has 1 atom stereocenters. The molecule has 1 aromatic rings. The molecule has 0 aliphatic carbocycles. The molecule has 1 aromatic carbocycles. The predicted molar refractivity (Wildman–Crippen MR) is 107 cm³/mol. The predicted octanol–water partition coefficient (Wildman–Crippen LogP) is -0.774. The van der Waals surface area contributed by atoms with Gasteiger partial charge in [0.2, 0.25) is 11.8 Å². The molecule has 0 bridgehead atoms. The minimum absolute atomic E-state index is 0.110. The Labute approximate surface area is 190 Å². The zero-order valence-corrected chi connectivity index (χ0v) is 17.4. The molecule has 0 spiro atoms. The van der Waals surface area contributed by atoms with E-state index in [9.17, 15) is 37.7 Å². The number of carboxylic acid groups (broad SMARTS) is 2. The number of halogens is 3. The van der Waals surface area contributed by atoms with Gasteiger partial charge in [-0.15, -0.1) is 0 Å². The maximum Gasteiger partial charge on any atom is 0.522 e. The van der Waals surface area contributed by atoms with Crippen molar-refractivity contribution in [3.05, 3.63) is 23.3 Å². The third-order valence-electron chi connectivity index (χ3n) is 4.83. The second-order valence-corrected chi connectivity index (χ2v) is 7.40. The first kappa shape index (κ1) is 26.7. The number of hydrogen-bond donors (Lipinski definition) is 5. The molecule has 186 valence electrons. The number of carboxylic acids is 2. The number of carbonyl (C=O) groups excluding carboxylic acids is 2. The topological polar surface area (TPSA) is 203 Å². The maximum atomic E-state index is 12.0. The highest BCUT2D eigenvalue weighted by atomic mass is 19.4. The lowest BCUT2D eigenvalue weighted by Crippen LogP contribution is -2.57. The first-order valence-electron chi connectivity index (χ1n) is 9.74. The number of aliphatic carboxylic acids is 1. The van der Waals surface area contributed by atoms with Gasteiger partial charge in [0.15, 0.2) is 0 Å². The average Bonchev–Trinajstić information content (AvgIpc) is 2.68. The molecule has 2 aliphatic heterocycles. The number of nitrogens with two attached hydrogens (primary N) is 2. The van der Waals surface area contributed by atoms with Crippen LogP contribution in [0.5, 0.6) is 11.5 Å². The zero-order chi connectivity index (χ0) is 25.8. The van der Waals surface area contributed by atoms with Crippen molar-refractivity contribution in [2.45, 2.75) is 37.5 Å². The summed E-state index contributed by atoms with van der Waals surface area (Å²) in [7, 11) is -1.06. The number of carbonyl (C=O) groups is 4. The Bertz CT molecular complexity index is 970. The van der Waals surface area contributed by atoms with Crippen molar-refractivity contribution in [2.75, 3.05) is 13.1 Å². The third kappa shape index (κ3) is 6.74. The Hall–Kier alpha value is -3.53. The van der Waals surface area contributed by atoms with Gasteiger partial charge in [-0.25, -0.2) is 9.59 Å². The molecule has 1 saturated heterocycles. The van der Waals surface area contributed by atoms with Crippen LogP contribution in [0.1, 0.15) is 22.3 Å². The lowest BCUT2D eigenvalue weighted by atomic mass is 9.78. The zero-order valence-electron chi connectivity index (χ0n) is 17.4. The number of fused-ring (bicyclic) bond motifs is 1. The van der Waals surface area contributed by atoms with Gasteiger partial charge in [0.25, 0.3) is 0 Å². The first-order chi connectivity index (χ1) is 15.7. The number of alkyl halides is 3. The molecule has 34 heavy (non-hydrogen) atoms. The first-order valence-corrected chi connectivity index (χ1v) is 9.74. The van der Waals surface area contributed by atoms with E-state index in [0.717, 1.165) is 0 Å². The van der Waals surface area contributed by atoms with Gasteiger partial charge in [-0.2, -0.15) is 13.2 Å². The Morgan fingerprint density at radius 1 is 1.24 bits per heavy atom. The normalized spacial score (nSPS) is 16.1. The molecule has 0 saturated carbocycles. The van der Waals surface area contributed by atoms with Crippen LogP contribution in [-0.4, -0.2) is 82.4 Å². The Kier molecular flexibility index (Phi) is 8.33. The monoisotopic (exact) mass is 491 g/mol. The van der Waals surface area contributed by atoms with Crippen LogP contribution >= 0.6 is 0 Å². The molecule has 0 aromatic heterocycles. The standard InChI is InChI=1S/C16H20BN3O7.C2HF3O2/c18-10(15(19)22)5-12(21)20-6-9(7-20)26-11-2-1-8-3-4-17(25)27-14(8)13(11)16(23)24;3-2(4,5)1(6)7/h1-2,9-10,25H,3-7,18H2,(H2,19,22)(H,23,24);(H,6,7). The molecule has 1 fully saturated rings. The van der Waals surface area contributed by atoms with Crippen molar-refractivity contribution in [1.29, 1.82) is 0 Å². The van der Waals surface area contributed by atoms with E-state index in [4.69, 9.17) is 30.8 Å². The fraction of sp³-hybridized carbons (Fsp3) is 0.444. The van der Waals surface area contributed by atoms with E-state index in [2.05, 4.69) is 0 Å². The highest BCUT2D eigenvalue weighted by Crippen LogP contribution is 2.37. The van der Waals surface area contributed by atoms with Gasteiger partial charge in [0, 0.05) is 0 Å². The van der Waals surface area contributed by atoms with E-state index >= 15 is 0 Å². The van der Waals surface area contributed by atoms with Gasteiger partial charge in [-0.05, 0) is 24.4 Å². The van der Waals surface area contributed by atoms with Gasteiger partial charge < -0.3 is 41.0 Å². The van der Waals surface area contributed by atoms with Gasteiger partial charge in [-0.3, -0.25) is 9.59 Å². The number of ether oxygens (including phenoxy) is 1. The van der Waals surface area contributed by atoms with Crippen LogP contribution in [0.2, 0.25) is 6.32 Å². The largest absolute Gasteiger partial charge is 0.535 e. The van der Waals surface area contributed by atoms with E-state index in [1.165, 1.54) is 4.90 Å². The molecule has 2 aliphatic rings. The van der Waals surface area contributed by atoms with Crippen molar-refractivity contribution < 1.29 is 57.0 Å². The SMILES string of the molecule is NC(=O)C(N)CC(=O)N1CC(Oc2ccc3c(c2C(=O)O)OB(O)CC3)C1.O=C(O)C(F)(F)F. The molecule has 2 amide bonds. The van der Waals surface area contributed by atoms with Crippen molar-refractivity contribution in [2.24, 2.45) is 11.5 Å². The van der Waals surface area contributed by atoms with Gasteiger partial charge in [0.1, 0.15) is 23.2 Å². The van der Waals surface area contributed by atoms with E-state index < -0.39 is 43.3 Å². The average molecular weight is 491 g/mol. The lowest BCUT2D eigenvalue weighted by Gasteiger charge is -2.39. The number of aromatic carboxylic acids is 1. The van der Waals surface area contributed by atoms with E-state index in [0.29, 0.717) is 18.3 Å². The second kappa shape index (κ2) is 10.6. The summed E-state index contributed by atoms with van der Waals surface area (Å²) < 4.78 is 42.7. The van der Waals surface area contributed by atoms with Crippen LogP contribution in [0, 0.1) is 0 Å². The van der Waals surface area contributed by atoms with Crippen LogP contribution in [0.15, 0.2) is 12.1 Å². The Balaban J connectivity index is 0.000000509. The highest BCUT2D eigenvalue weighted by molar-refractivity contribution is 6.44. The lowest BCUT2D eigenvalue weighted by molar-refractivity contribution is -0.192. The second-order valence-electron chi connectivity index (χ2n) is 7.40. The van der Waals surface area contributed by atoms with E-state index in [-0.39, 0.29) is 42.5 Å². The molecular weight excluding hydrogens is 470 g/mol. The summed E-state index contributed by atoms with van der Waals surface area (Å²) in [4.78, 5) is 44.9. The van der Waals surface area contributed by atoms with Gasteiger partial charge >= 0.3 is 25.2 Å². The number of aryl methyl sites for hydroxylation is 1. The van der Waals surface area contributed by atoms with Gasteiger partial charge in [0.05, 0.1) is 25.6 Å². The number of likely N-dealkylation sites (tertiary alicyclic amines) is 1. The van der Waals surface area contributed by atoms with Crippen molar-refractivity contribution in [3.63, 3.8) is 0 Å². The molecule has 2 heterocycles. The summed E-state index contributed by atoms with van der Waals surface area (Å²) >= 11 is 0. The van der Waals surface area contributed by atoms with Gasteiger partial charge in [-0.1, -0.05) is 6.07 Å². The van der Waals surface area contributed by atoms with Crippen molar-refractivity contribution >= 4 is 30.9 Å². The third-order valence-corrected chi connectivity index (χ3v) is 4.83. The molecule has 3 rings (SSSR count). The maximum absolute atomic E-state index is 12.0. The molecule has 12 nitrogen and oxygen atoms in total. The minimum atomic E-state index is -5.08. The number of benzene rings is 1. The minimum Gasteiger partial charge on any atom is -0.535 e. The van der Waals surface area contributed by atoms with E-state index in [1.807, 2.05) is 0 Å². The van der Waals surface area contributed by atoms with Crippen LogP contribution in [-0.2, 0) is 20.8 Å². The van der Waals surface area contributed by atoms with Crippen LogP contribution in [0.25, 0.3) is 0 Å². The summed E-state index contributed by atoms with van der Waals surface area (Å²) in [6.45, 7) is 0.480.